The highest BCUT2D eigenvalue weighted by molar-refractivity contribution is 7.98. The first-order valence-electron chi connectivity index (χ1n) is 8.77. The molecule has 0 amide bonds. The monoisotopic (exact) mass is 329 g/mol. The molecule has 1 fully saturated rings. The molecule has 1 aliphatic carbocycles. The third-order valence-electron chi connectivity index (χ3n) is 4.57. The van der Waals surface area contributed by atoms with Crippen LogP contribution < -0.4 is 10.6 Å². The van der Waals surface area contributed by atoms with Gasteiger partial charge in [-0.2, -0.15) is 11.8 Å². The summed E-state index contributed by atoms with van der Waals surface area (Å²) in [6.07, 6.45) is 11.1. The summed E-state index contributed by atoms with van der Waals surface area (Å²) in [6, 6.07) is 0. The van der Waals surface area contributed by atoms with Crippen LogP contribution in [0.4, 0.5) is 0 Å². The Morgan fingerprint density at radius 2 is 2.00 bits per heavy atom. The van der Waals surface area contributed by atoms with E-state index >= 15 is 0 Å². The van der Waals surface area contributed by atoms with Crippen molar-refractivity contribution in [1.82, 2.24) is 10.6 Å². The van der Waals surface area contributed by atoms with Crippen LogP contribution in [0.2, 0.25) is 0 Å². The van der Waals surface area contributed by atoms with Gasteiger partial charge in [-0.05, 0) is 56.5 Å². The first-order chi connectivity index (χ1) is 10.8. The van der Waals surface area contributed by atoms with Crippen molar-refractivity contribution in [2.45, 2.75) is 51.9 Å². The number of nitrogens with one attached hydrogen (secondary N) is 2. The van der Waals surface area contributed by atoms with Crippen LogP contribution in [0.15, 0.2) is 4.99 Å². The molecule has 0 aliphatic heterocycles. The summed E-state index contributed by atoms with van der Waals surface area (Å²) in [5.41, 5.74) is 0.408. The van der Waals surface area contributed by atoms with E-state index in [1.807, 2.05) is 18.8 Å². The molecular formula is C17H35N3OS. The Kier molecular flexibility index (Phi) is 10.8. The van der Waals surface area contributed by atoms with Gasteiger partial charge in [0.1, 0.15) is 0 Å². The highest BCUT2D eigenvalue weighted by Gasteiger charge is 2.33. The molecule has 0 aromatic carbocycles. The Labute approximate surface area is 141 Å². The van der Waals surface area contributed by atoms with E-state index in [-0.39, 0.29) is 0 Å². The van der Waals surface area contributed by atoms with Crippen LogP contribution in [0, 0.1) is 5.41 Å². The zero-order valence-corrected chi connectivity index (χ0v) is 15.6. The van der Waals surface area contributed by atoms with Gasteiger partial charge in [-0.15, -0.1) is 0 Å². The molecule has 130 valence electrons. The number of ether oxygens (including phenoxy) is 1. The lowest BCUT2D eigenvalue weighted by atomic mass is 9.83. The number of thioether (sulfide) groups is 1. The number of unbranched alkanes of at least 4 members (excludes halogenated alkanes) is 1. The largest absolute Gasteiger partial charge is 0.382 e. The van der Waals surface area contributed by atoms with Crippen LogP contribution in [-0.4, -0.2) is 51.3 Å². The molecular weight excluding hydrogens is 294 g/mol. The molecule has 0 spiro atoms. The second-order valence-electron chi connectivity index (χ2n) is 6.21. The number of aliphatic imine (C=N–C) groups is 1. The average Bonchev–Trinajstić information content (AvgIpc) is 2.99. The number of hydrogen-bond donors (Lipinski definition) is 2. The van der Waals surface area contributed by atoms with Gasteiger partial charge in [0.05, 0.1) is 0 Å². The summed E-state index contributed by atoms with van der Waals surface area (Å²) >= 11 is 1.92. The van der Waals surface area contributed by atoms with Crippen LogP contribution in [0.1, 0.15) is 51.9 Å². The third kappa shape index (κ3) is 7.73. The summed E-state index contributed by atoms with van der Waals surface area (Å²) < 4.78 is 5.58. The second kappa shape index (κ2) is 12.1. The number of hydrogen-bond acceptors (Lipinski definition) is 3. The minimum atomic E-state index is 0.408. The molecule has 0 bridgehead atoms. The lowest BCUT2D eigenvalue weighted by Gasteiger charge is -2.30. The number of rotatable bonds is 11. The van der Waals surface area contributed by atoms with Crippen molar-refractivity contribution in [3.8, 4) is 0 Å². The van der Waals surface area contributed by atoms with Gasteiger partial charge in [0.2, 0.25) is 0 Å². The Morgan fingerprint density at radius 3 is 2.64 bits per heavy atom. The molecule has 0 radical (unpaired) electrons. The van der Waals surface area contributed by atoms with E-state index in [4.69, 9.17) is 4.74 Å². The van der Waals surface area contributed by atoms with Gasteiger partial charge in [0, 0.05) is 33.4 Å². The fraction of sp³-hybridized carbons (Fsp3) is 0.941. The molecule has 22 heavy (non-hydrogen) atoms. The van der Waals surface area contributed by atoms with Crippen molar-refractivity contribution in [1.29, 1.82) is 0 Å². The van der Waals surface area contributed by atoms with E-state index in [1.54, 1.807) is 0 Å². The van der Waals surface area contributed by atoms with E-state index in [0.717, 1.165) is 32.3 Å². The van der Waals surface area contributed by atoms with Crippen molar-refractivity contribution in [3.05, 3.63) is 0 Å². The predicted molar refractivity (Wildman–Crippen MR) is 99.0 cm³/mol. The third-order valence-corrected chi connectivity index (χ3v) is 5.26. The van der Waals surface area contributed by atoms with Crippen LogP contribution in [0.5, 0.6) is 0 Å². The summed E-state index contributed by atoms with van der Waals surface area (Å²) in [4.78, 5) is 4.35. The standard InChI is InChI=1S/C17H35N3OS/c1-4-21-13-11-17(9-5-6-10-17)15-20-16(18-2)19-12-7-8-14-22-3/h4-15H2,1-3H3,(H2,18,19,20). The first kappa shape index (κ1) is 19.6. The number of nitrogens with zero attached hydrogens (tertiary/aromatic N) is 1. The summed E-state index contributed by atoms with van der Waals surface area (Å²) in [5, 5.41) is 6.98. The maximum Gasteiger partial charge on any atom is 0.190 e. The number of guanidine groups is 1. The van der Waals surface area contributed by atoms with E-state index in [2.05, 4.69) is 28.8 Å². The zero-order chi connectivity index (χ0) is 16.1. The Bertz CT molecular complexity index is 304. The van der Waals surface area contributed by atoms with Gasteiger partial charge in [0.15, 0.2) is 5.96 Å². The molecule has 4 nitrogen and oxygen atoms in total. The molecule has 0 atom stereocenters. The van der Waals surface area contributed by atoms with E-state index in [0.29, 0.717) is 5.41 Å². The quantitative estimate of drug-likeness (QED) is 0.347. The molecule has 0 unspecified atom stereocenters. The van der Waals surface area contributed by atoms with Crippen molar-refractivity contribution in [2.24, 2.45) is 10.4 Å². The fourth-order valence-electron chi connectivity index (χ4n) is 3.14. The smallest absolute Gasteiger partial charge is 0.190 e. The molecule has 0 saturated heterocycles. The van der Waals surface area contributed by atoms with Gasteiger partial charge < -0.3 is 15.4 Å². The summed E-state index contributed by atoms with van der Waals surface area (Å²) in [7, 11) is 1.86. The minimum Gasteiger partial charge on any atom is -0.382 e. The molecule has 0 aromatic heterocycles. The van der Waals surface area contributed by atoms with Gasteiger partial charge in [-0.1, -0.05) is 12.8 Å². The highest BCUT2D eigenvalue weighted by Crippen LogP contribution is 2.40. The first-order valence-corrected chi connectivity index (χ1v) is 10.2. The lowest BCUT2D eigenvalue weighted by Crippen LogP contribution is -2.43. The highest BCUT2D eigenvalue weighted by atomic mass is 32.2. The van der Waals surface area contributed by atoms with Crippen molar-refractivity contribution < 1.29 is 4.74 Å². The van der Waals surface area contributed by atoms with E-state index < -0.39 is 0 Å². The lowest BCUT2D eigenvalue weighted by molar-refractivity contribution is 0.105. The summed E-state index contributed by atoms with van der Waals surface area (Å²) in [5.74, 6) is 2.20. The summed E-state index contributed by atoms with van der Waals surface area (Å²) in [6.45, 7) is 5.81. The molecule has 1 aliphatic rings. The molecule has 1 rings (SSSR count). The van der Waals surface area contributed by atoms with Gasteiger partial charge in [-0.25, -0.2) is 0 Å². The van der Waals surface area contributed by atoms with Crippen molar-refractivity contribution in [3.63, 3.8) is 0 Å². The Morgan fingerprint density at radius 1 is 1.23 bits per heavy atom. The van der Waals surface area contributed by atoms with Gasteiger partial charge in [-0.3, -0.25) is 4.99 Å². The molecule has 2 N–H and O–H groups in total. The molecule has 0 heterocycles. The topological polar surface area (TPSA) is 45.6 Å². The van der Waals surface area contributed by atoms with E-state index in [1.165, 1.54) is 50.7 Å². The molecule has 5 heteroatoms. The second-order valence-corrected chi connectivity index (χ2v) is 7.19. The predicted octanol–water partition coefficient (Wildman–Crippen LogP) is 3.28. The SMILES string of the molecule is CCOCCC1(CNC(=NC)NCCCCSC)CCCC1. The average molecular weight is 330 g/mol. The normalized spacial score (nSPS) is 17.7. The Hall–Kier alpha value is -0.420. The van der Waals surface area contributed by atoms with Crippen LogP contribution >= 0.6 is 11.8 Å². The minimum absolute atomic E-state index is 0.408. The van der Waals surface area contributed by atoms with Gasteiger partial charge in [0.25, 0.3) is 0 Å². The van der Waals surface area contributed by atoms with Crippen LogP contribution in [0.25, 0.3) is 0 Å². The van der Waals surface area contributed by atoms with Crippen LogP contribution in [0.3, 0.4) is 0 Å². The maximum absolute atomic E-state index is 5.58. The van der Waals surface area contributed by atoms with Crippen molar-refractivity contribution in [2.75, 3.05) is 45.4 Å². The van der Waals surface area contributed by atoms with E-state index in [9.17, 15) is 0 Å². The maximum atomic E-state index is 5.58. The fourth-order valence-corrected chi connectivity index (χ4v) is 3.64. The van der Waals surface area contributed by atoms with Gasteiger partial charge >= 0.3 is 0 Å². The van der Waals surface area contributed by atoms with Crippen molar-refractivity contribution >= 4 is 17.7 Å². The molecule has 0 aromatic rings. The molecule has 1 saturated carbocycles. The van der Waals surface area contributed by atoms with Crippen LogP contribution in [-0.2, 0) is 4.74 Å². The Balaban J connectivity index is 2.29. The zero-order valence-electron chi connectivity index (χ0n) is 14.7.